The predicted octanol–water partition coefficient (Wildman–Crippen LogP) is 4.47. The zero-order chi connectivity index (χ0) is 26.7. The molecule has 4 aliphatic rings. The van der Waals surface area contributed by atoms with Gasteiger partial charge in [0.2, 0.25) is 0 Å². The van der Waals surface area contributed by atoms with E-state index in [4.69, 9.17) is 30.0 Å². The van der Waals surface area contributed by atoms with E-state index in [2.05, 4.69) is 78.4 Å². The van der Waals surface area contributed by atoms with Gasteiger partial charge in [-0.05, 0) is 0 Å². The molecule has 6 aromatic rings. The summed E-state index contributed by atoms with van der Waals surface area (Å²) in [6.07, 6.45) is 0. The average molecular weight is 631 g/mol. The van der Waals surface area contributed by atoms with E-state index >= 15 is 0 Å². The molecule has 41 heavy (non-hydrogen) atoms. The first kappa shape index (κ1) is 21.8. The van der Waals surface area contributed by atoms with Crippen molar-refractivity contribution in [2.45, 2.75) is 0 Å². The molecule has 9 heteroatoms. The standard InChI is InChI=1S/C32H16N8.Sn/c1-2-10-18-17(9-1)25-33-26(18)38-28-21-13-5-6-14-22(21)30(35-28)40-32-24-16-8-7-15-23(24)31(36-32)39-29-20-12-4-3-11-19(20)27(34-29)37-25;/h1-16H;/q-2;+2. The van der Waals surface area contributed by atoms with Gasteiger partial charge in [-0.25, -0.2) is 0 Å². The van der Waals surface area contributed by atoms with Crippen LogP contribution in [0.1, 0.15) is 22.3 Å². The van der Waals surface area contributed by atoms with Gasteiger partial charge in [0, 0.05) is 0 Å². The molecule has 0 spiro atoms. The van der Waals surface area contributed by atoms with Crippen molar-refractivity contribution in [1.82, 2.24) is 5.58 Å². The van der Waals surface area contributed by atoms with Crippen molar-refractivity contribution in [3.05, 3.63) is 130 Å². The number of nitrogens with zero attached hydrogens (tertiary/aromatic N) is 8. The Hall–Kier alpha value is -4.96. The van der Waals surface area contributed by atoms with Gasteiger partial charge in [0.25, 0.3) is 0 Å². The molecular weight excluding hydrogens is 615 g/mol. The number of aliphatic imine (C=N–C) groups is 4. The predicted molar refractivity (Wildman–Crippen MR) is 161 cm³/mol. The molecule has 0 atom stereocenters. The Bertz CT molecular complexity index is 2290. The van der Waals surface area contributed by atoms with Gasteiger partial charge in [-0.3, -0.25) is 0 Å². The number of fused-ring (bicyclic) bond motifs is 14. The molecule has 8 nitrogen and oxygen atoms in total. The molecule has 6 heterocycles. The Morgan fingerprint density at radius 2 is 0.732 bits per heavy atom. The van der Waals surface area contributed by atoms with E-state index in [0.717, 1.165) is 66.4 Å². The number of benzene rings is 4. The van der Waals surface area contributed by atoms with Gasteiger partial charge < -0.3 is 0 Å². The molecule has 0 N–H and O–H groups in total. The molecule has 2 radical (unpaired) electrons. The van der Waals surface area contributed by atoms with Crippen molar-refractivity contribution < 1.29 is 0 Å². The summed E-state index contributed by atoms with van der Waals surface area (Å²) in [7, 11) is 0. The second-order valence-electron chi connectivity index (χ2n) is 10.2. The molecule has 0 aliphatic carbocycles. The second kappa shape index (κ2) is 7.82. The van der Waals surface area contributed by atoms with Gasteiger partial charge in [0.15, 0.2) is 0 Å². The fraction of sp³-hybridized carbons (Fsp3) is 0. The first-order valence-corrected chi connectivity index (χ1v) is 15.9. The fourth-order valence-electron chi connectivity index (χ4n) is 6.09. The Morgan fingerprint density at radius 1 is 0.366 bits per heavy atom. The van der Waals surface area contributed by atoms with Crippen molar-refractivity contribution in [2.75, 3.05) is 0 Å². The van der Waals surface area contributed by atoms with E-state index in [1.54, 1.807) is 0 Å². The third-order valence-electron chi connectivity index (χ3n) is 7.95. The van der Waals surface area contributed by atoms with Crippen LogP contribution in [0.5, 0.6) is 0 Å². The molecule has 4 aliphatic heterocycles. The van der Waals surface area contributed by atoms with Crippen LogP contribution < -0.4 is 11.0 Å². The van der Waals surface area contributed by atoms with E-state index in [0.29, 0.717) is 23.3 Å². The van der Waals surface area contributed by atoms with Crippen molar-refractivity contribution >= 4 is 78.2 Å². The van der Waals surface area contributed by atoms with Crippen molar-refractivity contribution in [2.24, 2.45) is 30.0 Å². The Kier molecular flexibility index (Phi) is 4.16. The molecule has 4 aromatic carbocycles. The summed E-state index contributed by atoms with van der Waals surface area (Å²) in [6, 6.07) is 33.2. The van der Waals surface area contributed by atoms with Crippen molar-refractivity contribution in [3.63, 3.8) is 0 Å². The number of aromatic nitrogens is 2. The molecule has 188 valence electrons. The van der Waals surface area contributed by atoms with Crippen LogP contribution >= 0.6 is 0 Å². The summed E-state index contributed by atoms with van der Waals surface area (Å²) >= 11 is -1.74. The number of rotatable bonds is 0. The third-order valence-corrected chi connectivity index (χ3v) is 11.5. The van der Waals surface area contributed by atoms with E-state index < -0.39 is 21.7 Å². The first-order valence-electron chi connectivity index (χ1n) is 13.3. The molecule has 0 saturated heterocycles. The third kappa shape index (κ3) is 2.89. The topological polar surface area (TPSA) is 84.0 Å². The van der Waals surface area contributed by atoms with Gasteiger partial charge in [-0.1, -0.05) is 0 Å². The van der Waals surface area contributed by atoms with E-state index in [1.165, 1.54) is 0 Å². The summed E-state index contributed by atoms with van der Waals surface area (Å²) in [5.74, 6) is 4.44. The van der Waals surface area contributed by atoms with Crippen LogP contribution in [0, 0.1) is 0 Å². The SMILES string of the molecule is c1ccc2c(c1)C1=NC2=Nc2c3ccccc3c3[n]2[Sn][n]2c(c4ccccc4c2=NC2=NC(=N3)c3ccccc32)=N1. The molecule has 10 rings (SSSR count). The Balaban J connectivity index is 1.48. The summed E-state index contributed by atoms with van der Waals surface area (Å²) in [4.78, 5) is 31.1. The van der Waals surface area contributed by atoms with Crippen LogP contribution in [-0.2, 0) is 0 Å². The van der Waals surface area contributed by atoms with Gasteiger partial charge in [0.1, 0.15) is 0 Å². The Labute approximate surface area is 243 Å². The van der Waals surface area contributed by atoms with Gasteiger partial charge in [-0.15, -0.1) is 0 Å². The summed E-state index contributed by atoms with van der Waals surface area (Å²) in [6.45, 7) is 0. The maximum atomic E-state index is 5.26. The molecule has 0 unspecified atom stereocenters. The number of hydrogen-bond donors (Lipinski definition) is 0. The first-order chi connectivity index (χ1) is 20.3. The molecular formula is C32H16N8Sn. The van der Waals surface area contributed by atoms with Crippen molar-refractivity contribution in [1.29, 1.82) is 0 Å². The second-order valence-corrected chi connectivity index (χ2v) is 13.3. The quantitative estimate of drug-likeness (QED) is 0.222. The molecule has 2 aromatic heterocycles. The number of amidine groups is 4. The maximum absolute atomic E-state index is 5.26. The summed E-state index contributed by atoms with van der Waals surface area (Å²) in [5.41, 5.74) is 5.68. The van der Waals surface area contributed by atoms with Crippen LogP contribution in [-0.4, -0.2) is 50.6 Å². The zero-order valence-corrected chi connectivity index (χ0v) is 24.2. The van der Waals surface area contributed by atoms with Gasteiger partial charge in [0.05, 0.1) is 0 Å². The van der Waals surface area contributed by atoms with Crippen LogP contribution in [0.4, 0.5) is 11.6 Å². The van der Waals surface area contributed by atoms with Crippen molar-refractivity contribution in [3.8, 4) is 0 Å². The zero-order valence-electron chi connectivity index (χ0n) is 21.3. The van der Waals surface area contributed by atoms with Crippen LogP contribution in [0.25, 0.3) is 21.5 Å². The summed E-state index contributed by atoms with van der Waals surface area (Å²) < 4.78 is 4.65. The minimum atomic E-state index is -1.74. The monoisotopic (exact) mass is 632 g/mol. The van der Waals surface area contributed by atoms with Gasteiger partial charge in [-0.2, -0.15) is 0 Å². The minimum absolute atomic E-state index is 0.676. The van der Waals surface area contributed by atoms with Crippen LogP contribution in [0.15, 0.2) is 127 Å². The molecule has 6 bridgehead atoms. The molecule has 0 fully saturated rings. The normalized spacial score (nSPS) is 15.7. The van der Waals surface area contributed by atoms with Crippen LogP contribution in [0.2, 0.25) is 0 Å². The van der Waals surface area contributed by atoms with E-state index in [1.807, 2.05) is 24.3 Å². The average Bonchev–Trinajstić information content (AvgIpc) is 3.72. The summed E-state index contributed by atoms with van der Waals surface area (Å²) in [5, 5.41) is 4.19. The van der Waals surface area contributed by atoms with E-state index in [-0.39, 0.29) is 0 Å². The molecule has 0 amide bonds. The molecule has 0 saturated carbocycles. The number of hydrogen-bond acceptors (Lipinski definition) is 6. The van der Waals surface area contributed by atoms with Gasteiger partial charge >= 0.3 is 244 Å². The fourth-order valence-corrected chi connectivity index (χ4v) is 9.69. The Morgan fingerprint density at radius 3 is 1.17 bits per heavy atom. The van der Waals surface area contributed by atoms with Crippen LogP contribution in [0.3, 0.4) is 0 Å². The van der Waals surface area contributed by atoms with E-state index in [9.17, 15) is 0 Å².